The molecule has 0 radical (unpaired) electrons. The molecule has 1 aliphatic heterocycles. The lowest BCUT2D eigenvalue weighted by molar-refractivity contribution is -0.135. The Bertz CT molecular complexity index is 1430. The second-order valence-corrected chi connectivity index (χ2v) is 13.1. The van der Waals surface area contributed by atoms with Crippen molar-refractivity contribution in [3.8, 4) is 5.75 Å². The molecule has 4 aromatic rings. The summed E-state index contributed by atoms with van der Waals surface area (Å²) in [7, 11) is -0.899. The number of benzene rings is 1. The number of nitrogens with zero attached hydrogens (tertiary/aromatic N) is 5. The summed E-state index contributed by atoms with van der Waals surface area (Å²) in [6, 6.07) is 3.83. The van der Waals surface area contributed by atoms with Crippen LogP contribution in [0, 0.1) is 5.92 Å². The Morgan fingerprint density at radius 1 is 1.26 bits per heavy atom. The van der Waals surface area contributed by atoms with Crippen molar-refractivity contribution < 1.29 is 18.6 Å². The van der Waals surface area contributed by atoms with E-state index in [1.165, 1.54) is 22.0 Å². The maximum Gasteiger partial charge on any atom is 0.226 e. The number of nitrogens with one attached hydrogen (secondary N) is 1. The highest BCUT2D eigenvalue weighted by molar-refractivity contribution is 8.24. The van der Waals surface area contributed by atoms with Crippen LogP contribution in [0.2, 0.25) is 0 Å². The van der Waals surface area contributed by atoms with Crippen molar-refractivity contribution in [3.05, 3.63) is 28.9 Å². The van der Waals surface area contributed by atoms with Gasteiger partial charge in [0.05, 0.1) is 34.4 Å². The first-order valence-electron chi connectivity index (χ1n) is 11.3. The number of fused-ring (bicyclic) bond motifs is 4. The number of anilines is 2. The fourth-order valence-corrected chi connectivity index (χ4v) is 7.90. The van der Waals surface area contributed by atoms with Crippen LogP contribution in [0.5, 0.6) is 5.75 Å². The number of carbonyl (C=O) groups excluding carboxylic acids is 1. The molecule has 1 amide bonds. The number of rotatable bonds is 4. The number of methoxy groups -OCH3 is 1. The van der Waals surface area contributed by atoms with E-state index in [0.29, 0.717) is 31.1 Å². The second kappa shape index (κ2) is 8.82. The van der Waals surface area contributed by atoms with Crippen molar-refractivity contribution in [1.82, 2.24) is 24.5 Å². The highest BCUT2D eigenvalue weighted by atomic mass is 32.3. The van der Waals surface area contributed by atoms with Crippen LogP contribution in [0.4, 0.5) is 11.5 Å². The minimum absolute atomic E-state index is 0.0962. The van der Waals surface area contributed by atoms with E-state index in [1.54, 1.807) is 29.7 Å². The van der Waals surface area contributed by atoms with Crippen molar-refractivity contribution >= 4 is 71.3 Å². The zero-order valence-electron chi connectivity index (χ0n) is 18.9. The summed E-state index contributed by atoms with van der Waals surface area (Å²) in [5.41, 5.74) is 2.77. The van der Waals surface area contributed by atoms with Crippen molar-refractivity contribution in [1.29, 1.82) is 0 Å². The van der Waals surface area contributed by atoms with E-state index in [4.69, 9.17) is 4.74 Å². The number of amides is 1. The molecule has 0 saturated carbocycles. The predicted molar refractivity (Wildman–Crippen MR) is 139 cm³/mol. The monoisotopic (exact) mass is 532 g/mol. The molecule has 0 spiro atoms. The molecule has 13 heteroatoms. The number of aryl methyl sites for hydroxylation is 1. The van der Waals surface area contributed by atoms with E-state index < -0.39 is 10.6 Å². The van der Waals surface area contributed by atoms with E-state index in [1.807, 2.05) is 12.1 Å². The molecular formula is C22H24N6O4S3. The smallest absolute Gasteiger partial charge is 0.226 e. The van der Waals surface area contributed by atoms with Gasteiger partial charge >= 0.3 is 0 Å². The van der Waals surface area contributed by atoms with Gasteiger partial charge in [0.1, 0.15) is 28.2 Å². The van der Waals surface area contributed by atoms with Crippen LogP contribution in [0.3, 0.4) is 0 Å². The third kappa shape index (κ3) is 4.20. The molecule has 184 valence electrons. The highest BCUT2D eigenvalue weighted by Gasteiger charge is 2.34. The number of thiophene rings is 1. The van der Waals surface area contributed by atoms with E-state index >= 15 is 0 Å². The molecular weight excluding hydrogens is 508 g/mol. The lowest BCUT2D eigenvalue weighted by Gasteiger charge is -2.42. The molecule has 35 heavy (non-hydrogen) atoms. The minimum atomic E-state index is -2.52. The molecule has 3 N–H and O–H groups in total. The minimum Gasteiger partial charge on any atom is -0.494 e. The number of ether oxygens (including phenoxy) is 1. The number of carbonyl (C=O) groups is 1. The fraction of sp³-hybridized carbons (Fsp3) is 0.409. The average Bonchev–Trinajstić information content (AvgIpc) is 3.46. The molecule has 1 saturated heterocycles. The van der Waals surface area contributed by atoms with Gasteiger partial charge in [0.15, 0.2) is 0 Å². The third-order valence-electron chi connectivity index (χ3n) is 6.70. The summed E-state index contributed by atoms with van der Waals surface area (Å²) in [5, 5.41) is 8.55. The summed E-state index contributed by atoms with van der Waals surface area (Å²) in [6.45, 7) is 0.829. The second-order valence-electron chi connectivity index (χ2n) is 8.80. The standard InChI is InChI=1S/C22H24N6O4S3/c1-32-16-9-15-18(34-27-26-15)10-14(16)25-20-19-13-3-2-12(8-17(13)33-21(19)24-11-23-20)22(29)28-4-6-35(30,31)7-5-28/h9-12,30-31H,2-8H2,1H3,(H,23,24,25)/t12-/m0/s1. The first-order valence-corrected chi connectivity index (χ1v) is 14.7. The molecule has 1 aliphatic carbocycles. The lowest BCUT2D eigenvalue weighted by atomic mass is 9.87. The zero-order valence-corrected chi connectivity index (χ0v) is 21.4. The van der Waals surface area contributed by atoms with Crippen LogP contribution in [0.25, 0.3) is 20.4 Å². The molecule has 0 bridgehead atoms. The van der Waals surface area contributed by atoms with Crippen molar-refractivity contribution in [2.45, 2.75) is 19.3 Å². The van der Waals surface area contributed by atoms with Gasteiger partial charge in [0.2, 0.25) is 5.91 Å². The van der Waals surface area contributed by atoms with Gasteiger partial charge in [-0.15, -0.1) is 16.4 Å². The number of hydrogen-bond donors (Lipinski definition) is 3. The zero-order chi connectivity index (χ0) is 24.2. The SMILES string of the molecule is COc1cc2nnsc2cc1Nc1ncnc2sc3c(c12)CC[C@H](C(=O)N1CCS(O)(O)CC1)C3. The van der Waals surface area contributed by atoms with Gasteiger partial charge in [-0.25, -0.2) is 9.97 Å². The summed E-state index contributed by atoms with van der Waals surface area (Å²) in [4.78, 5) is 26.1. The number of hydrogen-bond acceptors (Lipinski definition) is 11. The van der Waals surface area contributed by atoms with E-state index in [2.05, 4.69) is 24.9 Å². The summed E-state index contributed by atoms with van der Waals surface area (Å²) in [6.07, 6.45) is 3.75. The maximum atomic E-state index is 13.2. The Balaban J connectivity index is 1.28. The molecule has 6 rings (SSSR count). The van der Waals surface area contributed by atoms with Crippen LogP contribution in [0.15, 0.2) is 18.5 Å². The summed E-state index contributed by atoms with van der Waals surface area (Å²) >= 11 is 2.94. The number of aromatic nitrogens is 4. The van der Waals surface area contributed by atoms with Crippen molar-refractivity contribution in [2.24, 2.45) is 5.92 Å². The Kier molecular flexibility index (Phi) is 5.76. The lowest BCUT2D eigenvalue weighted by Crippen LogP contribution is -2.45. The third-order valence-corrected chi connectivity index (χ3v) is 10.2. The van der Waals surface area contributed by atoms with Gasteiger partial charge in [0, 0.05) is 30.0 Å². The molecule has 1 atom stereocenters. The van der Waals surface area contributed by atoms with Crippen LogP contribution >= 0.6 is 33.5 Å². The summed E-state index contributed by atoms with van der Waals surface area (Å²) < 4.78 is 30.3. The molecule has 1 fully saturated rings. The topological polar surface area (TPSA) is 134 Å². The van der Waals surface area contributed by atoms with E-state index in [-0.39, 0.29) is 23.3 Å². The Morgan fingerprint density at radius 2 is 2.09 bits per heavy atom. The van der Waals surface area contributed by atoms with Crippen LogP contribution in [0.1, 0.15) is 16.9 Å². The molecule has 4 heterocycles. The normalized spacial score (nSPS) is 20.5. The maximum absolute atomic E-state index is 13.2. The Labute approximate surface area is 210 Å². The van der Waals surface area contributed by atoms with Gasteiger partial charge in [-0.2, -0.15) is 10.6 Å². The first kappa shape index (κ1) is 22.9. The molecule has 3 aromatic heterocycles. The average molecular weight is 533 g/mol. The Morgan fingerprint density at radius 3 is 2.89 bits per heavy atom. The van der Waals surface area contributed by atoms with Gasteiger partial charge in [-0.1, -0.05) is 4.49 Å². The first-order chi connectivity index (χ1) is 16.9. The van der Waals surface area contributed by atoms with Gasteiger partial charge < -0.3 is 15.0 Å². The van der Waals surface area contributed by atoms with Crippen molar-refractivity contribution in [2.75, 3.05) is 37.0 Å². The van der Waals surface area contributed by atoms with Gasteiger partial charge in [-0.05, 0) is 42.4 Å². The molecule has 0 unspecified atom stereocenters. The highest BCUT2D eigenvalue weighted by Crippen LogP contribution is 2.43. The van der Waals surface area contributed by atoms with Crippen LogP contribution in [-0.2, 0) is 17.6 Å². The van der Waals surface area contributed by atoms with Gasteiger partial charge in [-0.3, -0.25) is 13.9 Å². The van der Waals surface area contributed by atoms with E-state index in [0.717, 1.165) is 39.0 Å². The molecule has 10 nitrogen and oxygen atoms in total. The summed E-state index contributed by atoms with van der Waals surface area (Å²) in [5.74, 6) is 1.94. The molecule has 1 aromatic carbocycles. The Hall–Kier alpha value is -2.58. The largest absolute Gasteiger partial charge is 0.494 e. The van der Waals surface area contributed by atoms with Crippen LogP contribution < -0.4 is 10.1 Å². The van der Waals surface area contributed by atoms with E-state index in [9.17, 15) is 13.9 Å². The predicted octanol–water partition coefficient (Wildman–Crippen LogP) is 4.15. The van der Waals surface area contributed by atoms with Gasteiger partial charge in [0.25, 0.3) is 0 Å². The quantitative estimate of drug-likeness (QED) is 0.354. The molecule has 2 aliphatic rings. The van der Waals surface area contributed by atoms with Crippen molar-refractivity contribution in [3.63, 3.8) is 0 Å². The fourth-order valence-electron chi connectivity index (χ4n) is 4.82. The van der Waals surface area contributed by atoms with Crippen LogP contribution in [-0.4, -0.2) is 71.2 Å².